The Kier molecular flexibility index (Phi) is 15.0. The van der Waals surface area contributed by atoms with Gasteiger partial charge in [0, 0.05) is 22.2 Å². The van der Waals surface area contributed by atoms with Crippen molar-refractivity contribution in [3.05, 3.63) is 349 Å². The van der Waals surface area contributed by atoms with Crippen LogP contribution in [0.2, 0.25) is 0 Å². The summed E-state index contributed by atoms with van der Waals surface area (Å²) in [4.78, 5) is 0. The van der Waals surface area contributed by atoms with Crippen LogP contribution in [0.4, 0.5) is 0 Å². The first-order valence-electron chi connectivity index (χ1n) is 37.9. The third-order valence-electron chi connectivity index (χ3n) is 25.2. The Morgan fingerprint density at radius 2 is 0.578 bits per heavy atom. The third-order valence-corrected chi connectivity index (χ3v) is 25.7. The molecule has 1 heterocycles. The van der Waals surface area contributed by atoms with Gasteiger partial charge < -0.3 is 9.31 Å². The van der Waals surface area contributed by atoms with Gasteiger partial charge in [0.15, 0.2) is 0 Å². The van der Waals surface area contributed by atoms with Gasteiger partial charge in [0.25, 0.3) is 0 Å². The Bertz CT molecular complexity index is 7140. The first-order chi connectivity index (χ1) is 52.4. The standard InChI is InChI=1S/C49H32.C33H30BO2.C22H13Br.CH4/c1-49(2)45-26-34(22-24-40(45)44-27-42-38-12-5-3-10-36(38)37-11-4-6-13-39(37)43(42)28-46(44)49)29-14-16-30(17-15-29)35-23-20-33-19-18-31-8-7-9-32-21-25-41(35)48(33)47(31)32;1-31(2)29-17-20(34-35-32(3,4)33(5,6)36-34)15-16-25(29)28-18-26-23-13-9-7-11-21(23)22-12-8-10-14-24(22)27(26)19-30(28)31;23-18-10-6-14(7-11-18)19-12-8-17-5-4-15-2-1-3-16-9-13-20(19)22(17)21(15)16;/h3-28H,1-2H3;7-19H,3H2,1-2,4-6H3;1-13H;1H4/q;+1;;. The highest BCUT2D eigenvalue weighted by Gasteiger charge is 2.57. The minimum absolute atomic E-state index is 0. The molecule has 0 bridgehead atoms. The lowest BCUT2D eigenvalue weighted by Gasteiger charge is -2.25. The zero-order chi connectivity index (χ0) is 72.9. The molecule has 1 unspecified atom stereocenters. The highest BCUT2D eigenvalue weighted by atomic mass is 79.9. The molecule has 1 saturated heterocycles. The Hall–Kier alpha value is -11.6. The number of hydrogen-bond acceptors (Lipinski definition) is 2. The summed E-state index contributed by atoms with van der Waals surface area (Å²) < 4.78 is 13.7. The smallest absolute Gasteiger partial charge is 0.395 e. The van der Waals surface area contributed by atoms with Crippen LogP contribution in [0.3, 0.4) is 0 Å². The zero-order valence-corrected chi connectivity index (χ0v) is 63.1. The average Bonchev–Trinajstić information content (AvgIpc) is 1.59. The maximum atomic E-state index is 6.33. The lowest BCUT2D eigenvalue weighted by Crippen LogP contribution is -2.42. The van der Waals surface area contributed by atoms with Gasteiger partial charge in [-0.1, -0.05) is 324 Å². The fourth-order valence-corrected chi connectivity index (χ4v) is 19.2. The number of fused-ring (bicyclic) bond motifs is 18. The molecular weight excluding hydrogens is 1380 g/mol. The van der Waals surface area contributed by atoms with E-state index in [0.717, 1.165) is 9.94 Å². The van der Waals surface area contributed by atoms with E-state index >= 15 is 0 Å². The first kappa shape index (κ1) is 66.8. The van der Waals surface area contributed by atoms with Crippen LogP contribution in [0.15, 0.2) is 320 Å². The van der Waals surface area contributed by atoms with E-state index < -0.39 is 18.3 Å². The quantitative estimate of drug-likeness (QED) is 0.0993. The van der Waals surface area contributed by atoms with Crippen LogP contribution in [0.25, 0.3) is 185 Å². The number of rotatable bonds is 4. The van der Waals surface area contributed by atoms with Crippen molar-refractivity contribution in [2.45, 2.75) is 77.9 Å². The van der Waals surface area contributed by atoms with Gasteiger partial charge in [0.2, 0.25) is 5.60 Å². The number of benzene rings is 20. The van der Waals surface area contributed by atoms with Crippen LogP contribution >= 0.6 is 15.9 Å². The van der Waals surface area contributed by atoms with Gasteiger partial charge in [0.1, 0.15) is 5.60 Å². The molecule has 20 aromatic carbocycles. The molecule has 0 N–H and O–H groups in total. The summed E-state index contributed by atoms with van der Waals surface area (Å²) in [6.45, 7) is 19.8. The van der Waals surface area contributed by atoms with Gasteiger partial charge in [-0.25, -0.2) is 0 Å². The molecule has 23 rings (SSSR count). The number of halogens is 1. The molecule has 4 heteroatoms. The summed E-state index contributed by atoms with van der Waals surface area (Å²) in [5, 5.41) is 31.8. The van der Waals surface area contributed by atoms with Crippen LogP contribution in [0.5, 0.6) is 0 Å². The van der Waals surface area contributed by atoms with Crippen LogP contribution in [-0.2, 0) is 20.1 Å². The second kappa shape index (κ2) is 24.4. The molecule has 0 aromatic heterocycles. The predicted molar refractivity (Wildman–Crippen MR) is 473 cm³/mol. The minimum Gasteiger partial charge on any atom is -0.395 e. The SMILES string of the molecule is Brc1ccc(-c2ccc3ccc4cccc5ccc2c3c45)cc1.C.CC1(C)c2cc(-c3ccc(-c4ccc5ccc6cccc7ccc4c5c67)cc3)ccc2-c2cc3c4ccccc4c4ccccc4c3cc21.[CH2+]C1(C)OB(c2ccc3c(c2)C(C)(C)c2cc4c5ccccc5c5ccccc5c4cc2-3)OC1(C)C. The third kappa shape index (κ3) is 10.1. The van der Waals surface area contributed by atoms with Crippen molar-refractivity contribution in [2.24, 2.45) is 0 Å². The maximum absolute atomic E-state index is 6.33. The topological polar surface area (TPSA) is 18.5 Å². The second-order valence-electron chi connectivity index (χ2n) is 32.2. The summed E-state index contributed by atoms with van der Waals surface area (Å²) in [7, 11) is -0.417. The molecule has 0 radical (unpaired) electrons. The summed E-state index contributed by atoms with van der Waals surface area (Å²) in [6.07, 6.45) is 0. The Morgan fingerprint density at radius 1 is 0.257 bits per heavy atom. The molecule has 20 aromatic rings. The fourth-order valence-electron chi connectivity index (χ4n) is 19.0. The van der Waals surface area contributed by atoms with Crippen molar-refractivity contribution in [3.8, 4) is 55.6 Å². The molecule has 2 aliphatic carbocycles. The van der Waals surface area contributed by atoms with Crippen molar-refractivity contribution in [3.63, 3.8) is 0 Å². The maximum Gasteiger partial charge on any atom is 0.498 e. The molecule has 1 aliphatic heterocycles. The van der Waals surface area contributed by atoms with Gasteiger partial charge in [0.05, 0.1) is 6.92 Å². The van der Waals surface area contributed by atoms with Crippen molar-refractivity contribution in [1.29, 1.82) is 0 Å². The molecular formula is C105H79BBrO2+. The fraction of sp³-hybridized carbons (Fsp3) is 0.114. The molecule has 0 amide bonds. The minimum atomic E-state index is -0.602. The Labute approximate surface area is 645 Å². The van der Waals surface area contributed by atoms with E-state index in [2.05, 4.69) is 366 Å². The van der Waals surface area contributed by atoms with Gasteiger partial charge in [-0.05, 0) is 269 Å². The molecule has 520 valence electrons. The largest absolute Gasteiger partial charge is 0.498 e. The summed E-state index contributed by atoms with van der Waals surface area (Å²) in [5.41, 5.74) is 18.2. The first-order valence-corrected chi connectivity index (χ1v) is 38.7. The van der Waals surface area contributed by atoms with Crippen molar-refractivity contribution in [1.82, 2.24) is 0 Å². The van der Waals surface area contributed by atoms with Gasteiger partial charge in [-0.2, -0.15) is 0 Å². The van der Waals surface area contributed by atoms with E-state index in [0.29, 0.717) is 0 Å². The van der Waals surface area contributed by atoms with Crippen LogP contribution in [0.1, 0.15) is 78.1 Å². The van der Waals surface area contributed by atoms with Crippen LogP contribution in [-0.4, -0.2) is 18.3 Å². The van der Waals surface area contributed by atoms with E-state index in [-0.39, 0.29) is 18.3 Å². The van der Waals surface area contributed by atoms with Gasteiger partial charge in [-0.3, -0.25) is 0 Å². The van der Waals surface area contributed by atoms with Crippen molar-refractivity contribution >= 4 is 158 Å². The highest BCUT2D eigenvalue weighted by molar-refractivity contribution is 9.10. The molecule has 109 heavy (non-hydrogen) atoms. The highest BCUT2D eigenvalue weighted by Crippen LogP contribution is 2.55. The molecule has 0 saturated carbocycles. The van der Waals surface area contributed by atoms with Gasteiger partial charge >= 0.3 is 7.12 Å². The molecule has 2 nitrogen and oxygen atoms in total. The summed E-state index contributed by atoms with van der Waals surface area (Å²) in [5.74, 6) is 0. The zero-order valence-electron chi connectivity index (χ0n) is 61.5. The lowest BCUT2D eigenvalue weighted by molar-refractivity contribution is 0.0262. The molecule has 3 aliphatic rings. The van der Waals surface area contributed by atoms with E-state index in [1.54, 1.807) is 0 Å². The lowest BCUT2D eigenvalue weighted by atomic mass is 9.74. The van der Waals surface area contributed by atoms with E-state index in [9.17, 15) is 0 Å². The van der Waals surface area contributed by atoms with Gasteiger partial charge in [-0.15, -0.1) is 0 Å². The molecule has 0 spiro atoms. The predicted octanol–water partition coefficient (Wildman–Crippen LogP) is 28.9. The van der Waals surface area contributed by atoms with E-state index in [1.807, 2.05) is 20.8 Å². The average molecular weight is 1460 g/mol. The summed E-state index contributed by atoms with van der Waals surface area (Å²) >= 11 is 3.52. The summed E-state index contributed by atoms with van der Waals surface area (Å²) in [6, 6.07) is 117. The molecule has 1 fully saturated rings. The van der Waals surface area contributed by atoms with E-state index in [4.69, 9.17) is 9.31 Å². The number of hydrogen-bond donors (Lipinski definition) is 0. The normalized spacial score (nSPS) is 15.8. The Morgan fingerprint density at radius 3 is 0.991 bits per heavy atom. The Balaban J connectivity index is 0.000000114. The molecule has 1 atom stereocenters. The van der Waals surface area contributed by atoms with Crippen molar-refractivity contribution < 1.29 is 9.31 Å². The second-order valence-corrected chi connectivity index (χ2v) is 33.1. The monoisotopic (exact) mass is 1460 g/mol. The van der Waals surface area contributed by atoms with Crippen LogP contribution < -0.4 is 5.46 Å². The van der Waals surface area contributed by atoms with Crippen LogP contribution in [0, 0.1) is 6.92 Å². The van der Waals surface area contributed by atoms with Crippen molar-refractivity contribution in [2.75, 3.05) is 0 Å². The van der Waals surface area contributed by atoms with E-state index in [1.165, 1.54) is 207 Å².